The summed E-state index contributed by atoms with van der Waals surface area (Å²) in [6, 6.07) is 0. The second kappa shape index (κ2) is 4.16. The van der Waals surface area contributed by atoms with Crippen LogP contribution in [-0.4, -0.2) is 45.9 Å². The summed E-state index contributed by atoms with van der Waals surface area (Å²) >= 11 is 0. The molecule has 2 saturated heterocycles. The molecule has 3 rings (SSSR count). The zero-order valence-electron chi connectivity index (χ0n) is 11.1. The molecule has 2 aliphatic heterocycles. The van der Waals surface area contributed by atoms with Gasteiger partial charge >= 0.3 is 0 Å². The highest BCUT2D eigenvalue weighted by Crippen LogP contribution is 2.40. The summed E-state index contributed by atoms with van der Waals surface area (Å²) in [7, 11) is 0. The van der Waals surface area contributed by atoms with Crippen molar-refractivity contribution in [2.75, 3.05) is 19.6 Å². The number of aromatic nitrogens is 2. The fraction of sp³-hybridized carbons (Fsp3) is 0.615. The number of amides is 1. The Morgan fingerprint density at radius 1 is 1.47 bits per heavy atom. The van der Waals surface area contributed by atoms with Crippen molar-refractivity contribution in [3.05, 3.63) is 28.4 Å². The molecule has 0 spiro atoms. The van der Waals surface area contributed by atoms with Crippen molar-refractivity contribution in [2.24, 2.45) is 11.8 Å². The second-order valence-corrected chi connectivity index (χ2v) is 5.89. The zero-order valence-corrected chi connectivity index (χ0v) is 11.1. The van der Waals surface area contributed by atoms with E-state index in [1.807, 2.05) is 4.90 Å². The van der Waals surface area contributed by atoms with Crippen LogP contribution in [0.4, 0.5) is 0 Å². The van der Waals surface area contributed by atoms with E-state index in [2.05, 4.69) is 29.1 Å². The molecule has 0 bridgehead atoms. The summed E-state index contributed by atoms with van der Waals surface area (Å²) in [4.78, 5) is 31.9. The monoisotopic (exact) mass is 262 g/mol. The number of likely N-dealkylation sites (tertiary alicyclic amines) is 1. The van der Waals surface area contributed by atoms with Crippen molar-refractivity contribution in [1.82, 2.24) is 20.2 Å². The number of carbonyl (C=O) groups is 1. The van der Waals surface area contributed by atoms with Gasteiger partial charge in [-0.2, -0.15) is 0 Å². The highest BCUT2D eigenvalue weighted by atomic mass is 16.2. The predicted molar refractivity (Wildman–Crippen MR) is 69.8 cm³/mol. The lowest BCUT2D eigenvalue weighted by Crippen LogP contribution is -2.48. The molecule has 1 amide bonds. The van der Waals surface area contributed by atoms with Crippen molar-refractivity contribution >= 4 is 5.91 Å². The van der Waals surface area contributed by atoms with Gasteiger partial charge in [0.05, 0.1) is 6.20 Å². The lowest BCUT2D eigenvalue weighted by Gasteiger charge is -2.35. The quantitative estimate of drug-likeness (QED) is 0.737. The molecule has 0 radical (unpaired) electrons. The zero-order chi connectivity index (χ0) is 13.6. The number of H-pyrrole nitrogens is 1. The van der Waals surface area contributed by atoms with Gasteiger partial charge in [0.15, 0.2) is 0 Å². The predicted octanol–water partition coefficient (Wildman–Crippen LogP) is -0.160. The Kier molecular flexibility index (Phi) is 2.70. The van der Waals surface area contributed by atoms with E-state index in [9.17, 15) is 9.59 Å². The van der Waals surface area contributed by atoms with E-state index in [1.54, 1.807) is 0 Å². The van der Waals surface area contributed by atoms with Gasteiger partial charge in [-0.25, -0.2) is 4.98 Å². The van der Waals surface area contributed by atoms with Crippen molar-refractivity contribution in [1.29, 1.82) is 0 Å². The molecule has 0 aliphatic carbocycles. The van der Waals surface area contributed by atoms with Crippen LogP contribution in [0.3, 0.4) is 0 Å². The number of hydrogen-bond acceptors (Lipinski definition) is 4. The summed E-state index contributed by atoms with van der Waals surface area (Å²) in [5.74, 6) is 0.900. The van der Waals surface area contributed by atoms with E-state index < -0.39 is 0 Å². The van der Waals surface area contributed by atoms with Gasteiger partial charge in [-0.15, -0.1) is 0 Å². The third-order valence-corrected chi connectivity index (χ3v) is 4.50. The smallest absolute Gasteiger partial charge is 0.274 e. The third-order valence-electron chi connectivity index (χ3n) is 4.50. The summed E-state index contributed by atoms with van der Waals surface area (Å²) in [5.41, 5.74) is -0.165. The van der Waals surface area contributed by atoms with Crippen LogP contribution in [0.25, 0.3) is 0 Å². The molecule has 3 heterocycles. The van der Waals surface area contributed by atoms with E-state index >= 15 is 0 Å². The first-order valence-corrected chi connectivity index (χ1v) is 6.57. The van der Waals surface area contributed by atoms with Gasteiger partial charge in [0.25, 0.3) is 11.5 Å². The minimum atomic E-state index is -0.293. The van der Waals surface area contributed by atoms with E-state index in [-0.39, 0.29) is 17.0 Å². The van der Waals surface area contributed by atoms with Crippen molar-refractivity contribution < 1.29 is 4.79 Å². The summed E-state index contributed by atoms with van der Waals surface area (Å²) < 4.78 is 0. The molecule has 0 saturated carbocycles. The van der Waals surface area contributed by atoms with E-state index in [1.165, 1.54) is 6.20 Å². The largest absolute Gasteiger partial charge is 0.331 e. The highest BCUT2D eigenvalue weighted by molar-refractivity contribution is 5.92. The van der Waals surface area contributed by atoms with Gasteiger partial charge in [0, 0.05) is 31.4 Å². The van der Waals surface area contributed by atoms with Gasteiger partial charge in [-0.05, 0) is 25.7 Å². The Labute approximate surface area is 111 Å². The second-order valence-electron chi connectivity index (χ2n) is 5.89. The normalized spacial score (nSPS) is 28.4. The SMILES string of the molecule is CC1(C)C2CNCC2CN1C(=O)c1c[nH]c(=O)cn1. The van der Waals surface area contributed by atoms with Gasteiger partial charge in [-0.1, -0.05) is 0 Å². The third kappa shape index (κ3) is 1.87. The fourth-order valence-electron chi connectivity index (χ4n) is 3.36. The van der Waals surface area contributed by atoms with Gasteiger partial charge < -0.3 is 15.2 Å². The molecule has 19 heavy (non-hydrogen) atoms. The van der Waals surface area contributed by atoms with E-state index in [4.69, 9.17) is 0 Å². The Morgan fingerprint density at radius 3 is 2.89 bits per heavy atom. The van der Waals surface area contributed by atoms with Crippen LogP contribution < -0.4 is 10.9 Å². The molecule has 1 aromatic heterocycles. The van der Waals surface area contributed by atoms with Crippen LogP contribution in [0.5, 0.6) is 0 Å². The summed E-state index contributed by atoms with van der Waals surface area (Å²) in [5, 5.41) is 3.39. The van der Waals surface area contributed by atoms with Crippen molar-refractivity contribution in [2.45, 2.75) is 19.4 Å². The molecule has 6 heteroatoms. The first kappa shape index (κ1) is 12.3. The van der Waals surface area contributed by atoms with Crippen molar-refractivity contribution in [3.8, 4) is 0 Å². The minimum Gasteiger partial charge on any atom is -0.331 e. The lowest BCUT2D eigenvalue weighted by atomic mass is 9.85. The molecular weight excluding hydrogens is 244 g/mol. The van der Waals surface area contributed by atoms with Crippen molar-refractivity contribution in [3.63, 3.8) is 0 Å². The number of hydrogen-bond donors (Lipinski definition) is 2. The van der Waals surface area contributed by atoms with Crippen LogP contribution in [0, 0.1) is 11.8 Å². The molecule has 1 aromatic rings. The Hall–Kier alpha value is -1.69. The molecule has 2 fully saturated rings. The molecule has 102 valence electrons. The number of carbonyl (C=O) groups excluding carboxylic acids is 1. The maximum atomic E-state index is 12.5. The van der Waals surface area contributed by atoms with Crippen LogP contribution in [-0.2, 0) is 0 Å². The molecule has 2 atom stereocenters. The molecule has 2 aliphatic rings. The molecule has 6 nitrogen and oxygen atoms in total. The maximum absolute atomic E-state index is 12.5. The fourth-order valence-corrected chi connectivity index (χ4v) is 3.36. The molecule has 2 unspecified atom stereocenters. The Morgan fingerprint density at radius 2 is 2.26 bits per heavy atom. The van der Waals surface area contributed by atoms with Crippen LogP contribution in [0.2, 0.25) is 0 Å². The first-order chi connectivity index (χ1) is 9.00. The Balaban J connectivity index is 1.88. The number of fused-ring (bicyclic) bond motifs is 1. The average molecular weight is 262 g/mol. The summed E-state index contributed by atoms with van der Waals surface area (Å²) in [6.45, 7) is 6.89. The molecule has 0 aromatic carbocycles. The van der Waals surface area contributed by atoms with Crippen LogP contribution in [0.15, 0.2) is 17.2 Å². The van der Waals surface area contributed by atoms with Gasteiger partial charge in [-0.3, -0.25) is 9.59 Å². The molecular formula is C13H18N4O2. The van der Waals surface area contributed by atoms with Gasteiger partial charge in [0.1, 0.15) is 5.69 Å². The standard InChI is InChI=1S/C13H18N4O2/c1-13(2)9-4-14-3-8(9)7-17(13)12(19)10-5-16-11(18)6-15-10/h5-6,8-9,14H,3-4,7H2,1-2H3,(H,16,18). The maximum Gasteiger partial charge on any atom is 0.274 e. The number of nitrogens with zero attached hydrogens (tertiary/aromatic N) is 2. The Bertz CT molecular complexity index is 546. The molecule has 2 N–H and O–H groups in total. The van der Waals surface area contributed by atoms with E-state index in [0.29, 0.717) is 17.5 Å². The minimum absolute atomic E-state index is 0.101. The van der Waals surface area contributed by atoms with Gasteiger partial charge in [0.2, 0.25) is 0 Å². The number of aromatic amines is 1. The van der Waals surface area contributed by atoms with Crippen LogP contribution in [0.1, 0.15) is 24.3 Å². The number of rotatable bonds is 1. The average Bonchev–Trinajstić information content (AvgIpc) is 2.92. The summed E-state index contributed by atoms with van der Waals surface area (Å²) in [6.07, 6.45) is 2.55. The lowest BCUT2D eigenvalue weighted by molar-refractivity contribution is 0.0596. The first-order valence-electron chi connectivity index (χ1n) is 6.57. The topological polar surface area (TPSA) is 78.1 Å². The highest BCUT2D eigenvalue weighted by Gasteiger charge is 2.51. The number of nitrogens with one attached hydrogen (secondary N) is 2. The van der Waals surface area contributed by atoms with E-state index in [0.717, 1.165) is 25.8 Å². The van der Waals surface area contributed by atoms with Crippen LogP contribution >= 0.6 is 0 Å².